The zero-order valence-corrected chi connectivity index (χ0v) is 19.0. The first kappa shape index (κ1) is 30.2. The Morgan fingerprint density at radius 2 is 1.25 bits per heavy atom. The summed E-state index contributed by atoms with van der Waals surface area (Å²) in [4.78, 5) is 0. The molecule has 0 radical (unpaired) electrons. The van der Waals surface area contributed by atoms with Crippen LogP contribution in [0.4, 0.5) is 35.1 Å². The average molecular weight is 476 g/mol. The van der Waals surface area contributed by atoms with Gasteiger partial charge in [0.1, 0.15) is 5.76 Å². The van der Waals surface area contributed by atoms with Crippen LogP contribution in [-0.2, 0) is 4.74 Å². The third-order valence-electron chi connectivity index (χ3n) is 5.43. The topological polar surface area (TPSA) is 9.23 Å². The number of hydrogen-bond acceptors (Lipinski definition) is 1. The normalized spacial score (nSPS) is 14.1. The van der Waals surface area contributed by atoms with Crippen molar-refractivity contribution in [3.63, 3.8) is 0 Å². The van der Waals surface area contributed by atoms with Gasteiger partial charge in [-0.1, -0.05) is 65.7 Å². The van der Waals surface area contributed by atoms with E-state index in [9.17, 15) is 35.1 Å². The molecule has 0 fully saturated rings. The third-order valence-corrected chi connectivity index (χ3v) is 5.43. The predicted octanol–water partition coefficient (Wildman–Crippen LogP) is 8.60. The van der Waals surface area contributed by atoms with Gasteiger partial charge in [0.2, 0.25) is 5.92 Å². The zero-order chi connectivity index (χ0) is 25.8. The minimum atomic E-state index is -5.02. The molecular weight excluding hydrogens is 444 g/mol. The summed E-state index contributed by atoms with van der Waals surface area (Å²) in [5, 5.41) is 0. The van der Waals surface area contributed by atoms with Gasteiger partial charge in [0.05, 0.1) is 0 Å². The van der Waals surface area contributed by atoms with E-state index in [1.807, 2.05) is 0 Å². The first-order valence-electron chi connectivity index (χ1n) is 9.83. The average Bonchev–Trinajstić information content (AvgIpc) is 2.62. The van der Waals surface area contributed by atoms with Gasteiger partial charge >= 0.3 is 11.8 Å². The Labute approximate surface area is 184 Å². The van der Waals surface area contributed by atoms with E-state index in [1.165, 1.54) is 6.08 Å². The molecule has 0 aliphatic rings. The Morgan fingerprint density at radius 3 is 1.69 bits per heavy atom. The lowest BCUT2D eigenvalue weighted by Crippen LogP contribution is -2.56. The Balaban J connectivity index is 5.67. The fourth-order valence-corrected chi connectivity index (χ4v) is 3.02. The van der Waals surface area contributed by atoms with Crippen molar-refractivity contribution in [1.82, 2.24) is 0 Å². The Bertz CT molecular complexity index is 705. The maximum atomic E-state index is 14.8. The van der Waals surface area contributed by atoms with E-state index in [1.54, 1.807) is 0 Å². The van der Waals surface area contributed by atoms with E-state index >= 15 is 0 Å². The highest BCUT2D eigenvalue weighted by atomic mass is 19.3. The first-order chi connectivity index (χ1) is 14.1. The van der Waals surface area contributed by atoms with Crippen molar-refractivity contribution in [2.75, 3.05) is 6.61 Å². The second-order valence-electron chi connectivity index (χ2n) is 9.28. The summed E-state index contributed by atoms with van der Waals surface area (Å²) in [5.74, 6) is -18.0. The summed E-state index contributed by atoms with van der Waals surface area (Å²) in [6.45, 7) is 14.4. The lowest BCUT2D eigenvalue weighted by Gasteiger charge is -2.44. The van der Waals surface area contributed by atoms with Crippen LogP contribution < -0.4 is 0 Å². The molecule has 9 heteroatoms. The van der Waals surface area contributed by atoms with Crippen LogP contribution in [0.15, 0.2) is 49.8 Å². The molecule has 0 amide bonds. The fraction of sp³-hybridized carbons (Fsp3) is 0.652. The van der Waals surface area contributed by atoms with Gasteiger partial charge < -0.3 is 4.74 Å². The van der Waals surface area contributed by atoms with E-state index in [4.69, 9.17) is 0 Å². The minimum absolute atomic E-state index is 0.241. The molecule has 0 spiro atoms. The van der Waals surface area contributed by atoms with Crippen LogP contribution >= 0.6 is 0 Å². The molecule has 0 aliphatic heterocycles. The summed E-state index contributed by atoms with van der Waals surface area (Å²) in [6, 6.07) is 0. The number of hydrogen-bond donors (Lipinski definition) is 0. The molecule has 1 nitrogen and oxygen atoms in total. The summed E-state index contributed by atoms with van der Waals surface area (Å²) < 4.78 is 121. The molecule has 0 N–H and O–H groups in total. The molecule has 0 aromatic carbocycles. The first-order valence-corrected chi connectivity index (χ1v) is 9.83. The van der Waals surface area contributed by atoms with Crippen LogP contribution in [0.5, 0.6) is 0 Å². The molecule has 0 aromatic heterocycles. The van der Waals surface area contributed by atoms with E-state index < -0.39 is 60.4 Å². The Hall–Kier alpha value is -1.80. The van der Waals surface area contributed by atoms with E-state index in [0.717, 1.165) is 6.08 Å². The van der Waals surface area contributed by atoms with Crippen molar-refractivity contribution in [3.05, 3.63) is 49.8 Å². The highest BCUT2D eigenvalue weighted by Crippen LogP contribution is 2.57. The molecule has 0 saturated carbocycles. The SMILES string of the molecule is C=CC(=C)CCC(F)(F)CC(C)(C)C(F)(F)C(F)(F)CC(C)(C)C(F)(F)COC(=C)C=C. The van der Waals surface area contributed by atoms with Crippen molar-refractivity contribution < 1.29 is 39.9 Å². The number of alkyl halides is 8. The highest BCUT2D eigenvalue weighted by Gasteiger charge is 2.68. The molecule has 0 aromatic rings. The Morgan fingerprint density at radius 1 is 0.750 bits per heavy atom. The third kappa shape index (κ3) is 7.37. The number of halogens is 8. The van der Waals surface area contributed by atoms with E-state index in [0.29, 0.717) is 27.7 Å². The maximum Gasteiger partial charge on any atom is 0.315 e. The highest BCUT2D eigenvalue weighted by molar-refractivity contribution is 5.11. The number of rotatable bonds is 15. The van der Waals surface area contributed by atoms with Gasteiger partial charge in [0, 0.05) is 30.1 Å². The number of allylic oxidation sites excluding steroid dienone is 3. The maximum absolute atomic E-state index is 14.8. The molecule has 0 aliphatic carbocycles. The van der Waals surface area contributed by atoms with Crippen LogP contribution in [0.25, 0.3) is 0 Å². The summed E-state index contributed by atoms with van der Waals surface area (Å²) in [6.07, 6.45) is -2.46. The molecule has 0 bridgehead atoms. The van der Waals surface area contributed by atoms with Crippen molar-refractivity contribution >= 4 is 0 Å². The summed E-state index contributed by atoms with van der Waals surface area (Å²) in [7, 11) is 0. The van der Waals surface area contributed by atoms with Crippen LogP contribution in [0.2, 0.25) is 0 Å². The predicted molar refractivity (Wildman–Crippen MR) is 110 cm³/mol. The fourth-order valence-electron chi connectivity index (χ4n) is 3.02. The molecule has 0 unspecified atom stereocenters. The second-order valence-corrected chi connectivity index (χ2v) is 9.28. The van der Waals surface area contributed by atoms with Crippen LogP contribution in [0.3, 0.4) is 0 Å². The molecule has 0 rings (SSSR count). The molecule has 32 heavy (non-hydrogen) atoms. The minimum Gasteiger partial charge on any atom is -0.488 e. The summed E-state index contributed by atoms with van der Waals surface area (Å²) >= 11 is 0. The largest absolute Gasteiger partial charge is 0.488 e. The molecule has 0 saturated heterocycles. The molecular formula is C23H32F8O. The van der Waals surface area contributed by atoms with E-state index in [-0.39, 0.29) is 17.8 Å². The van der Waals surface area contributed by atoms with Crippen LogP contribution in [0, 0.1) is 10.8 Å². The standard InChI is InChI=1S/C23H32F8O/c1-9-16(3)11-12-20(24,25)13-19(7,8)23(30,31)21(26,27)14-18(5,6)22(28,29)15-32-17(4)10-2/h9-10H,1-4,11-15H2,5-8H3. The van der Waals surface area contributed by atoms with Gasteiger partial charge in [-0.2, -0.15) is 17.6 Å². The van der Waals surface area contributed by atoms with Crippen molar-refractivity contribution in [3.8, 4) is 0 Å². The Kier molecular flexibility index (Phi) is 9.43. The molecule has 0 atom stereocenters. The van der Waals surface area contributed by atoms with Crippen LogP contribution in [0.1, 0.15) is 53.4 Å². The zero-order valence-electron chi connectivity index (χ0n) is 19.0. The van der Waals surface area contributed by atoms with Crippen molar-refractivity contribution in [1.29, 1.82) is 0 Å². The van der Waals surface area contributed by atoms with Gasteiger partial charge in [0.15, 0.2) is 6.61 Å². The summed E-state index contributed by atoms with van der Waals surface area (Å²) in [5.41, 5.74) is -5.33. The van der Waals surface area contributed by atoms with Crippen molar-refractivity contribution in [2.45, 2.75) is 77.1 Å². The van der Waals surface area contributed by atoms with Crippen molar-refractivity contribution in [2.24, 2.45) is 10.8 Å². The quantitative estimate of drug-likeness (QED) is 0.131. The molecule has 186 valence electrons. The number of ether oxygens (including phenoxy) is 1. The smallest absolute Gasteiger partial charge is 0.315 e. The molecule has 0 heterocycles. The monoisotopic (exact) mass is 476 g/mol. The second kappa shape index (κ2) is 10.00. The van der Waals surface area contributed by atoms with Gasteiger partial charge in [0.25, 0.3) is 5.92 Å². The lowest BCUT2D eigenvalue weighted by molar-refractivity contribution is -0.292. The van der Waals surface area contributed by atoms with Gasteiger partial charge in [-0.05, 0) is 12.5 Å². The van der Waals surface area contributed by atoms with E-state index in [2.05, 4.69) is 31.1 Å². The van der Waals surface area contributed by atoms with Crippen LogP contribution in [-0.4, -0.2) is 30.3 Å². The van der Waals surface area contributed by atoms with Gasteiger partial charge in [-0.3, -0.25) is 0 Å². The van der Waals surface area contributed by atoms with Gasteiger partial charge in [-0.15, -0.1) is 0 Å². The van der Waals surface area contributed by atoms with Gasteiger partial charge in [-0.25, -0.2) is 17.6 Å². The lowest BCUT2D eigenvalue weighted by atomic mass is 9.71.